The highest BCUT2D eigenvalue weighted by Gasteiger charge is 2.33. The van der Waals surface area contributed by atoms with E-state index in [1.807, 2.05) is 6.07 Å². The molecule has 106 valence electrons. The maximum Gasteiger partial charge on any atom is 0.352 e. The standard InChI is InChI=1S/C13H15N3O4/c14-10(12(17)18)6-9-7-11(13(19)20)15-16(9)8-4-2-1-3-5-8/h1-5,9-10H,6-7,14H2,(H,17,18)(H,19,20). The number of carbonyl (C=O) groups is 2. The van der Waals surface area contributed by atoms with E-state index in [1.165, 1.54) is 5.01 Å². The first-order valence-corrected chi connectivity index (χ1v) is 6.12. The molecule has 0 aromatic heterocycles. The normalized spacial score (nSPS) is 19.6. The number of para-hydroxylation sites is 1. The summed E-state index contributed by atoms with van der Waals surface area (Å²) in [5, 5.41) is 23.5. The van der Waals surface area contributed by atoms with Gasteiger partial charge in [-0.15, -0.1) is 0 Å². The molecule has 0 saturated heterocycles. The van der Waals surface area contributed by atoms with Crippen LogP contribution in [0.3, 0.4) is 0 Å². The van der Waals surface area contributed by atoms with E-state index < -0.39 is 18.0 Å². The number of nitrogens with two attached hydrogens (primary N) is 1. The summed E-state index contributed by atoms with van der Waals surface area (Å²) in [6.45, 7) is 0. The van der Waals surface area contributed by atoms with Gasteiger partial charge in [0.25, 0.3) is 0 Å². The molecule has 7 heteroatoms. The zero-order valence-electron chi connectivity index (χ0n) is 10.6. The molecule has 1 aromatic carbocycles. The van der Waals surface area contributed by atoms with E-state index in [0.717, 1.165) is 0 Å². The molecule has 1 heterocycles. The maximum absolute atomic E-state index is 11.0. The molecule has 0 radical (unpaired) electrons. The number of anilines is 1. The molecule has 4 N–H and O–H groups in total. The topological polar surface area (TPSA) is 116 Å². The molecule has 0 saturated carbocycles. The number of rotatable bonds is 5. The number of aliphatic carboxylic acids is 2. The molecule has 2 rings (SSSR count). The third-order valence-electron chi connectivity index (χ3n) is 3.11. The van der Waals surface area contributed by atoms with Crippen LogP contribution < -0.4 is 10.7 Å². The largest absolute Gasteiger partial charge is 0.480 e. The Labute approximate surface area is 115 Å². The highest BCUT2D eigenvalue weighted by Crippen LogP contribution is 2.26. The van der Waals surface area contributed by atoms with Crippen LogP contribution in [0.25, 0.3) is 0 Å². The second-order valence-electron chi connectivity index (χ2n) is 4.57. The van der Waals surface area contributed by atoms with Gasteiger partial charge in [-0.3, -0.25) is 9.80 Å². The van der Waals surface area contributed by atoms with Crippen molar-refractivity contribution in [3.05, 3.63) is 30.3 Å². The molecular weight excluding hydrogens is 262 g/mol. The Morgan fingerprint density at radius 3 is 2.55 bits per heavy atom. The van der Waals surface area contributed by atoms with E-state index in [1.54, 1.807) is 24.3 Å². The Kier molecular flexibility index (Phi) is 3.99. The molecule has 0 spiro atoms. The number of carboxylic acid groups (broad SMARTS) is 2. The van der Waals surface area contributed by atoms with Gasteiger partial charge in [0.05, 0.1) is 11.7 Å². The lowest BCUT2D eigenvalue weighted by Gasteiger charge is -2.24. The van der Waals surface area contributed by atoms with Crippen LogP contribution in [0.4, 0.5) is 5.69 Å². The fourth-order valence-corrected chi connectivity index (χ4v) is 2.12. The van der Waals surface area contributed by atoms with Gasteiger partial charge in [0.15, 0.2) is 0 Å². The summed E-state index contributed by atoms with van der Waals surface area (Å²) in [6, 6.07) is 7.60. The fraction of sp³-hybridized carbons (Fsp3) is 0.308. The van der Waals surface area contributed by atoms with Crippen LogP contribution in [0.15, 0.2) is 35.4 Å². The molecule has 2 atom stereocenters. The zero-order chi connectivity index (χ0) is 14.7. The van der Waals surface area contributed by atoms with Crippen LogP contribution >= 0.6 is 0 Å². The number of benzene rings is 1. The average Bonchev–Trinajstić information content (AvgIpc) is 2.83. The van der Waals surface area contributed by atoms with Crippen LogP contribution in [-0.4, -0.2) is 39.9 Å². The van der Waals surface area contributed by atoms with Crippen molar-refractivity contribution >= 4 is 23.3 Å². The van der Waals surface area contributed by atoms with Crippen LogP contribution in [0, 0.1) is 0 Å². The summed E-state index contributed by atoms with van der Waals surface area (Å²) in [5.41, 5.74) is 6.26. The summed E-state index contributed by atoms with van der Waals surface area (Å²) in [7, 11) is 0. The van der Waals surface area contributed by atoms with E-state index in [0.29, 0.717) is 5.69 Å². The first kappa shape index (κ1) is 14.0. The van der Waals surface area contributed by atoms with Crippen molar-refractivity contribution in [2.45, 2.75) is 24.9 Å². The van der Waals surface area contributed by atoms with E-state index in [9.17, 15) is 9.59 Å². The van der Waals surface area contributed by atoms with E-state index in [4.69, 9.17) is 15.9 Å². The predicted octanol–water partition coefficient (Wildman–Crippen LogP) is 0.508. The Balaban J connectivity index is 2.23. The molecule has 20 heavy (non-hydrogen) atoms. The molecule has 1 aromatic rings. The second kappa shape index (κ2) is 5.70. The third-order valence-corrected chi connectivity index (χ3v) is 3.11. The summed E-state index contributed by atoms with van der Waals surface area (Å²) >= 11 is 0. The van der Waals surface area contributed by atoms with Crippen LogP contribution in [-0.2, 0) is 9.59 Å². The average molecular weight is 277 g/mol. The minimum atomic E-state index is -1.11. The number of carboxylic acids is 2. The molecule has 1 aliphatic rings. The molecule has 1 aliphatic heterocycles. The molecular formula is C13H15N3O4. The van der Waals surface area contributed by atoms with Gasteiger partial charge < -0.3 is 15.9 Å². The SMILES string of the molecule is NC(CC1CC(C(=O)O)=NN1c1ccccc1)C(=O)O. The summed E-state index contributed by atoms with van der Waals surface area (Å²) in [5.74, 6) is -2.21. The van der Waals surface area contributed by atoms with Crippen molar-refractivity contribution in [3.8, 4) is 0 Å². The number of hydrogen-bond donors (Lipinski definition) is 3. The predicted molar refractivity (Wildman–Crippen MR) is 72.6 cm³/mol. The van der Waals surface area contributed by atoms with Gasteiger partial charge in [-0.25, -0.2) is 4.79 Å². The third kappa shape index (κ3) is 2.94. The molecule has 0 aliphatic carbocycles. The van der Waals surface area contributed by atoms with Crippen LogP contribution in [0.2, 0.25) is 0 Å². The lowest BCUT2D eigenvalue weighted by Crippen LogP contribution is -2.38. The van der Waals surface area contributed by atoms with Gasteiger partial charge in [-0.05, 0) is 18.6 Å². The number of hydrogen-bond acceptors (Lipinski definition) is 5. The van der Waals surface area contributed by atoms with Crippen LogP contribution in [0.5, 0.6) is 0 Å². The van der Waals surface area contributed by atoms with Gasteiger partial charge >= 0.3 is 11.9 Å². The van der Waals surface area contributed by atoms with E-state index in [2.05, 4.69) is 5.10 Å². The zero-order valence-corrected chi connectivity index (χ0v) is 10.6. The molecule has 0 bridgehead atoms. The Morgan fingerprint density at radius 1 is 1.35 bits per heavy atom. The van der Waals surface area contributed by atoms with Crippen molar-refractivity contribution < 1.29 is 19.8 Å². The van der Waals surface area contributed by atoms with Crippen molar-refractivity contribution in [2.24, 2.45) is 10.8 Å². The monoisotopic (exact) mass is 277 g/mol. The molecule has 0 fully saturated rings. The van der Waals surface area contributed by atoms with E-state index >= 15 is 0 Å². The highest BCUT2D eigenvalue weighted by molar-refractivity contribution is 6.36. The maximum atomic E-state index is 11.0. The quantitative estimate of drug-likeness (QED) is 0.722. The Bertz CT molecular complexity index is 544. The van der Waals surface area contributed by atoms with Gasteiger partial charge in [0.1, 0.15) is 11.8 Å². The van der Waals surface area contributed by atoms with Gasteiger partial charge in [0, 0.05) is 6.42 Å². The second-order valence-corrected chi connectivity index (χ2v) is 4.57. The van der Waals surface area contributed by atoms with E-state index in [-0.39, 0.29) is 24.6 Å². The lowest BCUT2D eigenvalue weighted by molar-refractivity contribution is -0.138. The smallest absolute Gasteiger partial charge is 0.352 e. The molecule has 7 nitrogen and oxygen atoms in total. The van der Waals surface area contributed by atoms with Crippen LogP contribution in [0.1, 0.15) is 12.8 Å². The summed E-state index contributed by atoms with van der Waals surface area (Å²) in [6.07, 6.45) is 0.301. The molecule has 0 amide bonds. The Hall–Kier alpha value is -2.41. The van der Waals surface area contributed by atoms with Crippen molar-refractivity contribution in [3.63, 3.8) is 0 Å². The Morgan fingerprint density at radius 2 is 2.00 bits per heavy atom. The first-order chi connectivity index (χ1) is 9.49. The number of nitrogens with zero attached hydrogens (tertiary/aromatic N) is 2. The highest BCUT2D eigenvalue weighted by atomic mass is 16.4. The van der Waals surface area contributed by atoms with Gasteiger partial charge in [0.2, 0.25) is 0 Å². The fourth-order valence-electron chi connectivity index (χ4n) is 2.12. The van der Waals surface area contributed by atoms with Crippen molar-refractivity contribution in [2.75, 3.05) is 5.01 Å². The van der Waals surface area contributed by atoms with Gasteiger partial charge in [-0.2, -0.15) is 5.10 Å². The minimum absolute atomic E-state index is 0.0106. The molecule has 2 unspecified atom stereocenters. The first-order valence-electron chi connectivity index (χ1n) is 6.12. The number of hydrazone groups is 1. The van der Waals surface area contributed by atoms with Gasteiger partial charge in [-0.1, -0.05) is 18.2 Å². The summed E-state index contributed by atoms with van der Waals surface area (Å²) in [4.78, 5) is 21.9. The van der Waals surface area contributed by atoms with Crippen molar-refractivity contribution in [1.29, 1.82) is 0 Å². The summed E-state index contributed by atoms with van der Waals surface area (Å²) < 4.78 is 0. The van der Waals surface area contributed by atoms with Crippen molar-refractivity contribution in [1.82, 2.24) is 0 Å². The minimum Gasteiger partial charge on any atom is -0.480 e. The lowest BCUT2D eigenvalue weighted by atomic mass is 10.0.